The Morgan fingerprint density at radius 1 is 1.04 bits per heavy atom. The van der Waals surface area contributed by atoms with Crippen molar-refractivity contribution in [2.24, 2.45) is 5.92 Å². The van der Waals surface area contributed by atoms with Crippen LogP contribution in [0.4, 0.5) is 4.39 Å². The Morgan fingerprint density at radius 3 is 2.28 bits per heavy atom. The molecule has 2 aromatic carbocycles. The maximum absolute atomic E-state index is 13.7. The summed E-state index contributed by atoms with van der Waals surface area (Å²) in [5.41, 5.74) is 3.19. The molecular weight excluding hydrogens is 319 g/mol. The van der Waals surface area contributed by atoms with Crippen LogP contribution in [0, 0.1) is 18.7 Å². The van der Waals surface area contributed by atoms with E-state index in [9.17, 15) is 14.0 Å². The summed E-state index contributed by atoms with van der Waals surface area (Å²) in [6.07, 6.45) is 0.989. The number of hydrogen-bond acceptors (Lipinski definition) is 3. The van der Waals surface area contributed by atoms with E-state index in [4.69, 9.17) is 4.74 Å². The summed E-state index contributed by atoms with van der Waals surface area (Å²) >= 11 is 0. The number of carbonyl (C=O) groups is 2. The Morgan fingerprint density at radius 2 is 1.68 bits per heavy atom. The summed E-state index contributed by atoms with van der Waals surface area (Å²) < 4.78 is 19.8. The van der Waals surface area contributed by atoms with Gasteiger partial charge in [0.1, 0.15) is 35.2 Å². The molecule has 1 aliphatic rings. The quantitative estimate of drug-likeness (QED) is 0.771. The molecule has 0 fully saturated rings. The van der Waals surface area contributed by atoms with Crippen LogP contribution in [0.1, 0.15) is 42.2 Å². The molecule has 1 atom stereocenters. The minimum Gasteiger partial charge on any atom is -0.484 e. The topological polar surface area (TPSA) is 43.4 Å². The predicted molar refractivity (Wildman–Crippen MR) is 94.1 cm³/mol. The molecular formula is C21H19FO3. The van der Waals surface area contributed by atoms with Gasteiger partial charge in [-0.3, -0.25) is 9.59 Å². The second kappa shape index (κ2) is 6.63. The van der Waals surface area contributed by atoms with Crippen LogP contribution in [0.15, 0.2) is 42.5 Å². The third-order valence-corrected chi connectivity index (χ3v) is 4.41. The number of hydrogen-bond donors (Lipinski definition) is 0. The highest BCUT2D eigenvalue weighted by atomic mass is 19.1. The van der Waals surface area contributed by atoms with Crippen LogP contribution in [0.25, 0.3) is 11.8 Å². The summed E-state index contributed by atoms with van der Waals surface area (Å²) in [5, 5.41) is 0. The lowest BCUT2D eigenvalue weighted by atomic mass is 9.85. The van der Waals surface area contributed by atoms with Crippen molar-refractivity contribution in [2.75, 3.05) is 0 Å². The van der Waals surface area contributed by atoms with E-state index in [0.717, 1.165) is 11.1 Å². The average Bonchev–Trinajstić information content (AvgIpc) is 2.54. The van der Waals surface area contributed by atoms with Crippen molar-refractivity contribution < 1.29 is 18.7 Å². The maximum atomic E-state index is 13.7. The fourth-order valence-electron chi connectivity index (χ4n) is 3.13. The van der Waals surface area contributed by atoms with E-state index >= 15 is 0 Å². The van der Waals surface area contributed by atoms with Crippen LogP contribution in [-0.4, -0.2) is 11.6 Å². The molecule has 0 bridgehead atoms. The highest BCUT2D eigenvalue weighted by Gasteiger charge is 2.36. The van der Waals surface area contributed by atoms with Gasteiger partial charge in [-0.05, 0) is 44.5 Å². The highest BCUT2D eigenvalue weighted by molar-refractivity contribution is 6.01. The Labute approximate surface area is 146 Å². The van der Waals surface area contributed by atoms with Gasteiger partial charge >= 0.3 is 0 Å². The lowest BCUT2D eigenvalue weighted by Crippen LogP contribution is -2.30. The molecule has 1 aliphatic heterocycles. The van der Waals surface area contributed by atoms with E-state index in [2.05, 4.69) is 0 Å². The molecule has 3 rings (SSSR count). The number of halogens is 1. The Kier molecular flexibility index (Phi) is 4.53. The fraction of sp³-hybridized carbons (Fsp3) is 0.238. The van der Waals surface area contributed by atoms with Crippen molar-refractivity contribution in [1.29, 1.82) is 0 Å². The molecule has 4 heteroatoms. The van der Waals surface area contributed by atoms with Crippen molar-refractivity contribution in [3.63, 3.8) is 0 Å². The van der Waals surface area contributed by atoms with Crippen molar-refractivity contribution >= 4 is 23.4 Å². The molecule has 0 N–H and O–H groups in total. The second-order valence-corrected chi connectivity index (χ2v) is 6.39. The monoisotopic (exact) mass is 338 g/mol. The first kappa shape index (κ1) is 17.1. The number of rotatable bonds is 4. The van der Waals surface area contributed by atoms with E-state index in [1.54, 1.807) is 12.1 Å². The van der Waals surface area contributed by atoms with Gasteiger partial charge in [-0.15, -0.1) is 0 Å². The standard InChI is InChI=1S/C21H19FO3/c1-12-4-6-15(7-5-12)19-11-16-10-17(22)8-9-18(16)21(25-19)20(13(2)23)14(3)24/h4-11,20-21H,1-3H3/t21-/m0/s1. The normalized spacial score (nSPS) is 16.0. The van der Waals surface area contributed by atoms with Crippen LogP contribution in [0.5, 0.6) is 0 Å². The van der Waals surface area contributed by atoms with Gasteiger partial charge in [0.15, 0.2) is 0 Å². The molecule has 0 amide bonds. The Bertz CT molecular complexity index is 851. The summed E-state index contributed by atoms with van der Waals surface area (Å²) in [7, 11) is 0. The van der Waals surface area contributed by atoms with Crippen molar-refractivity contribution in [3.05, 3.63) is 70.5 Å². The van der Waals surface area contributed by atoms with Gasteiger partial charge in [-0.25, -0.2) is 4.39 Å². The molecule has 2 aromatic rings. The Hall–Kier alpha value is -2.75. The van der Waals surface area contributed by atoms with Gasteiger partial charge in [0, 0.05) is 11.1 Å². The van der Waals surface area contributed by atoms with E-state index in [-0.39, 0.29) is 17.4 Å². The largest absolute Gasteiger partial charge is 0.484 e. The highest BCUT2D eigenvalue weighted by Crippen LogP contribution is 2.40. The van der Waals surface area contributed by atoms with Crippen LogP contribution >= 0.6 is 0 Å². The van der Waals surface area contributed by atoms with E-state index in [1.807, 2.05) is 31.2 Å². The first-order valence-electron chi connectivity index (χ1n) is 8.12. The van der Waals surface area contributed by atoms with E-state index in [0.29, 0.717) is 16.9 Å². The van der Waals surface area contributed by atoms with Crippen molar-refractivity contribution in [2.45, 2.75) is 26.9 Å². The van der Waals surface area contributed by atoms with Crippen molar-refractivity contribution in [1.82, 2.24) is 0 Å². The molecule has 0 saturated heterocycles. The maximum Gasteiger partial charge on any atom is 0.144 e. The predicted octanol–water partition coefficient (Wildman–Crippen LogP) is 4.50. The van der Waals surface area contributed by atoms with Crippen LogP contribution in [-0.2, 0) is 14.3 Å². The smallest absolute Gasteiger partial charge is 0.144 e. The SMILES string of the molecule is CC(=O)C(C(C)=O)[C@H]1OC(c2ccc(C)cc2)=Cc2cc(F)ccc21. The Balaban J connectivity index is 2.13. The minimum atomic E-state index is -0.918. The second-order valence-electron chi connectivity index (χ2n) is 6.39. The number of benzene rings is 2. The molecule has 0 aromatic heterocycles. The molecule has 0 saturated carbocycles. The van der Waals surface area contributed by atoms with Gasteiger partial charge in [0.05, 0.1) is 0 Å². The summed E-state index contributed by atoms with van der Waals surface area (Å²) in [4.78, 5) is 24.1. The van der Waals surface area contributed by atoms with Crippen molar-refractivity contribution in [3.8, 4) is 0 Å². The van der Waals surface area contributed by atoms with Gasteiger partial charge in [0.25, 0.3) is 0 Å². The molecule has 0 spiro atoms. The summed E-state index contributed by atoms with van der Waals surface area (Å²) in [5.74, 6) is -1.30. The molecule has 0 radical (unpaired) electrons. The summed E-state index contributed by atoms with van der Waals surface area (Å²) in [6, 6.07) is 12.0. The van der Waals surface area contributed by atoms with Gasteiger partial charge in [0.2, 0.25) is 0 Å². The lowest BCUT2D eigenvalue weighted by Gasteiger charge is -2.31. The number of ether oxygens (including phenoxy) is 1. The zero-order valence-electron chi connectivity index (χ0n) is 14.4. The van der Waals surface area contributed by atoms with Gasteiger partial charge in [-0.1, -0.05) is 35.9 Å². The van der Waals surface area contributed by atoms with Gasteiger partial charge in [-0.2, -0.15) is 0 Å². The molecule has 0 unspecified atom stereocenters. The third kappa shape index (κ3) is 3.38. The first-order chi connectivity index (χ1) is 11.9. The number of ketones is 2. The molecule has 3 nitrogen and oxygen atoms in total. The zero-order valence-corrected chi connectivity index (χ0v) is 14.4. The average molecular weight is 338 g/mol. The number of aryl methyl sites for hydroxylation is 1. The van der Waals surface area contributed by atoms with E-state index in [1.165, 1.54) is 26.0 Å². The van der Waals surface area contributed by atoms with Crippen LogP contribution in [0.3, 0.4) is 0 Å². The molecule has 0 aliphatic carbocycles. The van der Waals surface area contributed by atoms with Crippen LogP contribution in [0.2, 0.25) is 0 Å². The fourth-order valence-corrected chi connectivity index (χ4v) is 3.13. The number of Topliss-reactive ketones (excluding diaryl/α,β-unsaturated/α-hetero) is 2. The first-order valence-corrected chi connectivity index (χ1v) is 8.12. The molecule has 1 heterocycles. The molecule has 128 valence electrons. The molecule has 25 heavy (non-hydrogen) atoms. The van der Waals surface area contributed by atoms with E-state index < -0.39 is 12.0 Å². The minimum absolute atomic E-state index is 0.266. The zero-order chi connectivity index (χ0) is 18.1. The number of carbonyl (C=O) groups excluding carboxylic acids is 2. The van der Waals surface area contributed by atoms with Gasteiger partial charge < -0.3 is 4.74 Å². The summed E-state index contributed by atoms with van der Waals surface area (Å²) in [6.45, 7) is 4.74. The van der Waals surface area contributed by atoms with Crippen LogP contribution < -0.4 is 0 Å². The third-order valence-electron chi connectivity index (χ3n) is 4.41. The lowest BCUT2D eigenvalue weighted by molar-refractivity contribution is -0.135. The number of fused-ring (bicyclic) bond motifs is 1.